The SMILES string of the molecule is CCCCOCCOc1ccc(C(C)NCC)cn1. The Kier molecular flexibility index (Phi) is 8.18. The van der Waals surface area contributed by atoms with Crippen molar-refractivity contribution in [3.05, 3.63) is 23.9 Å². The molecule has 108 valence electrons. The number of nitrogens with one attached hydrogen (secondary N) is 1. The number of pyridine rings is 1. The lowest BCUT2D eigenvalue weighted by Crippen LogP contribution is -2.17. The highest BCUT2D eigenvalue weighted by Crippen LogP contribution is 2.14. The van der Waals surface area contributed by atoms with Gasteiger partial charge in [0.25, 0.3) is 0 Å². The number of aromatic nitrogens is 1. The third kappa shape index (κ3) is 6.55. The summed E-state index contributed by atoms with van der Waals surface area (Å²) in [6.45, 7) is 9.32. The maximum atomic E-state index is 5.52. The van der Waals surface area contributed by atoms with Gasteiger partial charge in [-0.2, -0.15) is 0 Å². The first kappa shape index (κ1) is 15.9. The highest BCUT2D eigenvalue weighted by molar-refractivity contribution is 5.20. The Hall–Kier alpha value is -1.13. The summed E-state index contributed by atoms with van der Waals surface area (Å²) in [5.74, 6) is 0.659. The monoisotopic (exact) mass is 266 g/mol. The van der Waals surface area contributed by atoms with Gasteiger partial charge in [0.15, 0.2) is 0 Å². The Balaban J connectivity index is 2.24. The summed E-state index contributed by atoms with van der Waals surface area (Å²) in [7, 11) is 0. The first-order chi connectivity index (χ1) is 9.27. The van der Waals surface area contributed by atoms with Crippen molar-refractivity contribution in [2.75, 3.05) is 26.4 Å². The summed E-state index contributed by atoms with van der Waals surface area (Å²) in [6.07, 6.45) is 4.13. The first-order valence-electron chi connectivity index (χ1n) is 7.17. The van der Waals surface area contributed by atoms with Crippen LogP contribution in [-0.2, 0) is 4.74 Å². The van der Waals surface area contributed by atoms with E-state index in [0.717, 1.165) is 26.0 Å². The lowest BCUT2D eigenvalue weighted by molar-refractivity contribution is 0.0965. The molecule has 4 heteroatoms. The molecule has 0 amide bonds. The summed E-state index contributed by atoms with van der Waals surface area (Å²) in [4.78, 5) is 4.30. The van der Waals surface area contributed by atoms with Crippen LogP contribution in [-0.4, -0.2) is 31.3 Å². The summed E-state index contributed by atoms with van der Waals surface area (Å²) in [5.41, 5.74) is 1.17. The van der Waals surface area contributed by atoms with Gasteiger partial charge in [0.05, 0.1) is 6.61 Å². The quantitative estimate of drug-likeness (QED) is 0.661. The molecule has 0 radical (unpaired) electrons. The Morgan fingerprint density at radius 3 is 2.68 bits per heavy atom. The topological polar surface area (TPSA) is 43.4 Å². The van der Waals surface area contributed by atoms with E-state index in [-0.39, 0.29) is 0 Å². The Morgan fingerprint density at radius 1 is 1.21 bits per heavy atom. The predicted molar refractivity (Wildman–Crippen MR) is 77.6 cm³/mol. The predicted octanol–water partition coefficient (Wildman–Crippen LogP) is 2.95. The number of ether oxygens (including phenoxy) is 2. The minimum Gasteiger partial charge on any atom is -0.475 e. The molecule has 0 saturated heterocycles. The lowest BCUT2D eigenvalue weighted by atomic mass is 10.1. The smallest absolute Gasteiger partial charge is 0.213 e. The van der Waals surface area contributed by atoms with Crippen molar-refractivity contribution in [2.45, 2.75) is 39.7 Å². The van der Waals surface area contributed by atoms with Crippen LogP contribution in [0.4, 0.5) is 0 Å². The van der Waals surface area contributed by atoms with Gasteiger partial charge in [-0.25, -0.2) is 4.98 Å². The number of hydrogen-bond donors (Lipinski definition) is 1. The van der Waals surface area contributed by atoms with Gasteiger partial charge in [-0.3, -0.25) is 0 Å². The maximum absolute atomic E-state index is 5.52. The molecule has 1 aromatic rings. The molecule has 1 N–H and O–H groups in total. The fourth-order valence-electron chi connectivity index (χ4n) is 1.71. The van der Waals surface area contributed by atoms with Crippen LogP contribution < -0.4 is 10.1 Å². The van der Waals surface area contributed by atoms with E-state index in [9.17, 15) is 0 Å². The van der Waals surface area contributed by atoms with E-state index in [1.165, 1.54) is 5.56 Å². The van der Waals surface area contributed by atoms with Gasteiger partial charge >= 0.3 is 0 Å². The van der Waals surface area contributed by atoms with E-state index in [4.69, 9.17) is 9.47 Å². The van der Waals surface area contributed by atoms with Crippen LogP contribution in [0.1, 0.15) is 45.2 Å². The van der Waals surface area contributed by atoms with E-state index >= 15 is 0 Å². The summed E-state index contributed by atoms with van der Waals surface area (Å²) < 4.78 is 11.0. The van der Waals surface area contributed by atoms with E-state index in [1.807, 2.05) is 18.3 Å². The van der Waals surface area contributed by atoms with Gasteiger partial charge in [0, 0.05) is 24.9 Å². The first-order valence-corrected chi connectivity index (χ1v) is 7.17. The highest BCUT2D eigenvalue weighted by atomic mass is 16.5. The lowest BCUT2D eigenvalue weighted by Gasteiger charge is -2.12. The summed E-state index contributed by atoms with van der Waals surface area (Å²) >= 11 is 0. The van der Waals surface area contributed by atoms with Crippen molar-refractivity contribution in [3.63, 3.8) is 0 Å². The molecule has 0 spiro atoms. The third-order valence-corrected chi connectivity index (χ3v) is 2.89. The van der Waals surface area contributed by atoms with Crippen LogP contribution in [0.2, 0.25) is 0 Å². The number of hydrogen-bond acceptors (Lipinski definition) is 4. The number of unbranched alkanes of at least 4 members (excludes halogenated alkanes) is 1. The molecule has 1 heterocycles. The molecule has 0 fully saturated rings. The fourth-order valence-corrected chi connectivity index (χ4v) is 1.71. The molecule has 1 atom stereocenters. The van der Waals surface area contributed by atoms with Crippen LogP contribution >= 0.6 is 0 Å². The van der Waals surface area contributed by atoms with Crippen LogP contribution in [0, 0.1) is 0 Å². The van der Waals surface area contributed by atoms with Gasteiger partial charge in [-0.05, 0) is 25.5 Å². The molecule has 0 saturated carbocycles. The zero-order chi connectivity index (χ0) is 13.9. The average Bonchev–Trinajstić information content (AvgIpc) is 2.43. The van der Waals surface area contributed by atoms with Crippen molar-refractivity contribution in [2.24, 2.45) is 0 Å². The second-order valence-corrected chi connectivity index (χ2v) is 4.52. The van der Waals surface area contributed by atoms with Crippen LogP contribution in [0.5, 0.6) is 5.88 Å². The van der Waals surface area contributed by atoms with Crippen molar-refractivity contribution in [3.8, 4) is 5.88 Å². The molecular formula is C15H26N2O2. The summed E-state index contributed by atoms with van der Waals surface area (Å²) in [5, 5.41) is 3.35. The van der Waals surface area contributed by atoms with E-state index in [0.29, 0.717) is 25.1 Å². The van der Waals surface area contributed by atoms with Gasteiger partial charge in [-0.15, -0.1) is 0 Å². The molecule has 0 aliphatic carbocycles. The normalized spacial score (nSPS) is 12.4. The Morgan fingerprint density at radius 2 is 2.05 bits per heavy atom. The van der Waals surface area contributed by atoms with Crippen LogP contribution in [0.3, 0.4) is 0 Å². The maximum Gasteiger partial charge on any atom is 0.213 e. The average molecular weight is 266 g/mol. The fraction of sp³-hybridized carbons (Fsp3) is 0.667. The molecule has 0 aromatic carbocycles. The number of rotatable bonds is 10. The van der Waals surface area contributed by atoms with E-state index in [1.54, 1.807) is 0 Å². The Bertz CT molecular complexity index is 327. The molecule has 0 aliphatic rings. The molecule has 1 unspecified atom stereocenters. The minimum atomic E-state index is 0.323. The molecule has 0 aliphatic heterocycles. The van der Waals surface area contributed by atoms with Gasteiger partial charge in [-0.1, -0.05) is 26.3 Å². The van der Waals surface area contributed by atoms with Gasteiger partial charge < -0.3 is 14.8 Å². The zero-order valence-electron chi connectivity index (χ0n) is 12.3. The number of nitrogens with zero attached hydrogens (tertiary/aromatic N) is 1. The van der Waals surface area contributed by atoms with Crippen molar-refractivity contribution in [1.82, 2.24) is 10.3 Å². The van der Waals surface area contributed by atoms with Crippen LogP contribution in [0.15, 0.2) is 18.3 Å². The molecule has 0 bridgehead atoms. The standard InChI is InChI=1S/C15H26N2O2/c1-4-6-9-18-10-11-19-15-8-7-14(12-17-15)13(3)16-5-2/h7-8,12-13,16H,4-6,9-11H2,1-3H3. The minimum absolute atomic E-state index is 0.323. The van der Waals surface area contributed by atoms with Crippen molar-refractivity contribution in [1.29, 1.82) is 0 Å². The van der Waals surface area contributed by atoms with Gasteiger partial charge in [0.2, 0.25) is 5.88 Å². The highest BCUT2D eigenvalue weighted by Gasteiger charge is 2.04. The third-order valence-electron chi connectivity index (χ3n) is 2.89. The van der Waals surface area contributed by atoms with Gasteiger partial charge in [0.1, 0.15) is 6.61 Å². The van der Waals surface area contributed by atoms with Crippen molar-refractivity contribution >= 4 is 0 Å². The molecule has 1 aromatic heterocycles. The molecule has 4 nitrogen and oxygen atoms in total. The van der Waals surface area contributed by atoms with Crippen molar-refractivity contribution < 1.29 is 9.47 Å². The zero-order valence-corrected chi connectivity index (χ0v) is 12.3. The Labute approximate surface area is 116 Å². The molecular weight excluding hydrogens is 240 g/mol. The second kappa shape index (κ2) is 9.75. The largest absolute Gasteiger partial charge is 0.475 e. The molecule has 1 rings (SSSR count). The second-order valence-electron chi connectivity index (χ2n) is 4.52. The summed E-state index contributed by atoms with van der Waals surface area (Å²) in [6, 6.07) is 4.28. The van der Waals surface area contributed by atoms with E-state index in [2.05, 4.69) is 31.1 Å². The van der Waals surface area contributed by atoms with E-state index < -0.39 is 0 Å². The van der Waals surface area contributed by atoms with Crippen LogP contribution in [0.25, 0.3) is 0 Å². The molecule has 19 heavy (non-hydrogen) atoms.